The van der Waals surface area contributed by atoms with Crippen molar-refractivity contribution in [2.24, 2.45) is 0 Å². The predicted octanol–water partition coefficient (Wildman–Crippen LogP) is 0.896. The lowest BCUT2D eigenvalue weighted by atomic mass is 10.3. The minimum Gasteiger partial charge on any atom is -0.361 e. The van der Waals surface area contributed by atoms with Crippen LogP contribution in [0.5, 0.6) is 0 Å². The normalized spacial score (nSPS) is 12.9. The van der Waals surface area contributed by atoms with E-state index >= 15 is 0 Å². The van der Waals surface area contributed by atoms with Crippen molar-refractivity contribution in [3.05, 3.63) is 30.0 Å². The molecule has 0 fully saturated rings. The highest BCUT2D eigenvalue weighted by Crippen LogP contribution is 2.22. The zero-order valence-electron chi connectivity index (χ0n) is 7.73. The number of pyridine rings is 1. The van der Waals surface area contributed by atoms with E-state index in [4.69, 9.17) is 0 Å². The average Bonchev–Trinajstić information content (AvgIpc) is 2.59. The number of hydrogen-bond acceptors (Lipinski definition) is 4. The number of nitrogens with one attached hydrogen (secondary N) is 1. The maximum atomic E-state index is 4.32. The van der Waals surface area contributed by atoms with Gasteiger partial charge in [-0.25, -0.2) is 14.6 Å². The lowest BCUT2D eigenvalue weighted by molar-refractivity contribution is 0.771. The van der Waals surface area contributed by atoms with E-state index in [1.165, 1.54) is 0 Å². The Bertz CT molecular complexity index is 488. The van der Waals surface area contributed by atoms with Crippen molar-refractivity contribution in [1.29, 1.82) is 0 Å². The summed E-state index contributed by atoms with van der Waals surface area (Å²) in [5.74, 6) is 2.59. The van der Waals surface area contributed by atoms with Gasteiger partial charge in [-0.3, -0.25) is 0 Å². The third-order valence-electron chi connectivity index (χ3n) is 2.21. The summed E-state index contributed by atoms with van der Waals surface area (Å²) < 4.78 is 1.84. The van der Waals surface area contributed by atoms with Crippen molar-refractivity contribution in [3.63, 3.8) is 0 Å². The summed E-state index contributed by atoms with van der Waals surface area (Å²) in [6.07, 6.45) is 1.76. The summed E-state index contributed by atoms with van der Waals surface area (Å²) in [6, 6.07) is 3.87. The number of rotatable bonds is 0. The summed E-state index contributed by atoms with van der Waals surface area (Å²) in [7, 11) is 0. The second-order valence-electron chi connectivity index (χ2n) is 3.21. The van der Waals surface area contributed by atoms with Crippen LogP contribution in [0.3, 0.4) is 0 Å². The molecule has 1 aliphatic rings. The number of anilines is 1. The van der Waals surface area contributed by atoms with Gasteiger partial charge in [-0.05, 0) is 19.1 Å². The molecule has 0 unspecified atom stereocenters. The number of aryl methyl sites for hydroxylation is 1. The fraction of sp³-hybridized carbons (Fsp3) is 0.222. The van der Waals surface area contributed by atoms with Gasteiger partial charge in [0.2, 0.25) is 0 Å². The van der Waals surface area contributed by atoms with Crippen LogP contribution in [-0.4, -0.2) is 19.7 Å². The smallest absolute Gasteiger partial charge is 0.152 e. The Morgan fingerprint density at radius 3 is 3.36 bits per heavy atom. The molecule has 3 rings (SSSR count). The van der Waals surface area contributed by atoms with E-state index in [1.54, 1.807) is 6.20 Å². The van der Waals surface area contributed by atoms with Gasteiger partial charge in [-0.15, -0.1) is 0 Å². The standard InChI is InChI=1S/C9H9N5/c1-6-12-8-5-11-9-7(14(8)13-6)3-2-4-10-9/h2-4H,5H2,1H3,(H,10,11). The second-order valence-corrected chi connectivity index (χ2v) is 3.21. The molecule has 0 saturated carbocycles. The molecule has 0 aliphatic carbocycles. The highest BCUT2D eigenvalue weighted by Gasteiger charge is 2.17. The molecule has 2 aromatic heterocycles. The monoisotopic (exact) mass is 187 g/mol. The topological polar surface area (TPSA) is 55.6 Å². The fourth-order valence-electron chi connectivity index (χ4n) is 1.63. The molecule has 2 aromatic rings. The van der Waals surface area contributed by atoms with Crippen molar-refractivity contribution in [2.75, 3.05) is 5.32 Å². The van der Waals surface area contributed by atoms with Crippen LogP contribution in [0.2, 0.25) is 0 Å². The van der Waals surface area contributed by atoms with Crippen molar-refractivity contribution >= 4 is 5.82 Å². The predicted molar refractivity (Wildman–Crippen MR) is 51.2 cm³/mol. The molecular weight excluding hydrogens is 178 g/mol. The van der Waals surface area contributed by atoms with Gasteiger partial charge in [-0.2, -0.15) is 5.10 Å². The largest absolute Gasteiger partial charge is 0.361 e. The van der Waals surface area contributed by atoms with E-state index in [-0.39, 0.29) is 0 Å². The Hall–Kier alpha value is -1.91. The third-order valence-corrected chi connectivity index (χ3v) is 2.21. The first-order valence-electron chi connectivity index (χ1n) is 4.46. The third kappa shape index (κ3) is 0.921. The summed E-state index contributed by atoms with van der Waals surface area (Å²) >= 11 is 0. The maximum Gasteiger partial charge on any atom is 0.152 e. The van der Waals surface area contributed by atoms with E-state index in [9.17, 15) is 0 Å². The van der Waals surface area contributed by atoms with E-state index < -0.39 is 0 Å². The van der Waals surface area contributed by atoms with Crippen LogP contribution in [0.4, 0.5) is 5.82 Å². The first-order valence-corrected chi connectivity index (χ1v) is 4.46. The molecular formula is C9H9N5. The Kier molecular flexibility index (Phi) is 1.36. The number of nitrogens with zero attached hydrogens (tertiary/aromatic N) is 4. The van der Waals surface area contributed by atoms with Crippen LogP contribution in [0.25, 0.3) is 5.69 Å². The number of fused-ring (bicyclic) bond motifs is 3. The van der Waals surface area contributed by atoms with Crippen molar-refractivity contribution in [1.82, 2.24) is 19.7 Å². The lowest BCUT2D eigenvalue weighted by Crippen LogP contribution is -2.17. The summed E-state index contributed by atoms with van der Waals surface area (Å²) in [5.41, 5.74) is 0.967. The first kappa shape index (κ1) is 7.49. The van der Waals surface area contributed by atoms with E-state index in [0.29, 0.717) is 6.54 Å². The van der Waals surface area contributed by atoms with Crippen molar-refractivity contribution in [2.45, 2.75) is 13.5 Å². The van der Waals surface area contributed by atoms with Gasteiger partial charge in [0, 0.05) is 6.20 Å². The Morgan fingerprint density at radius 1 is 1.50 bits per heavy atom. The zero-order chi connectivity index (χ0) is 9.54. The molecule has 0 spiro atoms. The van der Waals surface area contributed by atoms with Gasteiger partial charge in [0.15, 0.2) is 11.6 Å². The molecule has 5 nitrogen and oxygen atoms in total. The Morgan fingerprint density at radius 2 is 2.43 bits per heavy atom. The van der Waals surface area contributed by atoms with E-state index in [1.807, 2.05) is 23.7 Å². The molecule has 0 aromatic carbocycles. The molecule has 1 aliphatic heterocycles. The van der Waals surface area contributed by atoms with Crippen LogP contribution < -0.4 is 5.32 Å². The molecule has 14 heavy (non-hydrogen) atoms. The molecule has 0 atom stereocenters. The van der Waals surface area contributed by atoms with Crippen LogP contribution in [-0.2, 0) is 6.54 Å². The van der Waals surface area contributed by atoms with Crippen LogP contribution in [0, 0.1) is 6.92 Å². The summed E-state index contributed by atoms with van der Waals surface area (Å²) in [5, 5.41) is 7.52. The molecule has 70 valence electrons. The Balaban J connectivity index is 2.28. The lowest BCUT2D eigenvalue weighted by Gasteiger charge is -2.16. The second kappa shape index (κ2) is 2.54. The SMILES string of the molecule is Cc1nc2n(n1)-c1cccnc1NC2. The highest BCUT2D eigenvalue weighted by atomic mass is 15.4. The molecule has 0 bridgehead atoms. The van der Waals surface area contributed by atoms with Crippen LogP contribution in [0.15, 0.2) is 18.3 Å². The van der Waals surface area contributed by atoms with Gasteiger partial charge < -0.3 is 5.32 Å². The molecule has 1 N–H and O–H groups in total. The summed E-state index contributed by atoms with van der Waals surface area (Å²) in [6.45, 7) is 2.58. The Labute approximate surface area is 80.8 Å². The van der Waals surface area contributed by atoms with Gasteiger partial charge >= 0.3 is 0 Å². The fourth-order valence-corrected chi connectivity index (χ4v) is 1.63. The van der Waals surface area contributed by atoms with E-state index in [2.05, 4.69) is 20.4 Å². The van der Waals surface area contributed by atoms with Gasteiger partial charge in [0.05, 0.1) is 6.54 Å². The average molecular weight is 187 g/mol. The van der Waals surface area contributed by atoms with Crippen LogP contribution in [0.1, 0.15) is 11.6 Å². The minimum atomic E-state index is 0.685. The first-order chi connectivity index (χ1) is 6.84. The summed E-state index contributed by atoms with van der Waals surface area (Å²) in [4.78, 5) is 8.54. The van der Waals surface area contributed by atoms with Gasteiger partial charge in [-0.1, -0.05) is 0 Å². The molecule has 0 saturated heterocycles. The minimum absolute atomic E-state index is 0.685. The zero-order valence-corrected chi connectivity index (χ0v) is 7.73. The van der Waals surface area contributed by atoms with Gasteiger partial charge in [0.1, 0.15) is 11.5 Å². The van der Waals surface area contributed by atoms with E-state index in [0.717, 1.165) is 23.2 Å². The van der Waals surface area contributed by atoms with Crippen LogP contribution >= 0.6 is 0 Å². The highest BCUT2D eigenvalue weighted by molar-refractivity contribution is 5.57. The quantitative estimate of drug-likeness (QED) is 0.665. The molecule has 5 heteroatoms. The maximum absolute atomic E-state index is 4.32. The van der Waals surface area contributed by atoms with Gasteiger partial charge in [0.25, 0.3) is 0 Å². The van der Waals surface area contributed by atoms with Crippen molar-refractivity contribution in [3.8, 4) is 5.69 Å². The number of hydrogen-bond donors (Lipinski definition) is 1. The molecule has 0 radical (unpaired) electrons. The van der Waals surface area contributed by atoms with Crippen molar-refractivity contribution < 1.29 is 0 Å². The number of aromatic nitrogens is 4. The molecule has 3 heterocycles. The molecule has 0 amide bonds.